The second-order valence-electron chi connectivity index (χ2n) is 7.95. The number of carbonyl (C=O) groups is 1. The summed E-state index contributed by atoms with van der Waals surface area (Å²) in [6, 6.07) is 16.9. The number of rotatable bonds is 3. The molecule has 5 aromatic rings. The number of aromatic amines is 1. The molecule has 5 rings (SSSR count). The standard InChI is InChI=1S/C26H19FN2O4/c1-13-3-4-15(9-14(13)2)19-11-17(5-7-20(19)27)25-28-21-8-6-16-10-18(33-26(31)32)12-22(30)23(16)24(21)29-25/h3-12,30H,1-2H3,(H,28,29)(H,31,32). The minimum absolute atomic E-state index is 0.0131. The summed E-state index contributed by atoms with van der Waals surface area (Å²) in [4.78, 5) is 18.7. The Labute approximate surface area is 187 Å². The zero-order valence-corrected chi connectivity index (χ0v) is 17.8. The van der Waals surface area contributed by atoms with E-state index in [0.29, 0.717) is 38.8 Å². The van der Waals surface area contributed by atoms with E-state index < -0.39 is 6.16 Å². The van der Waals surface area contributed by atoms with E-state index in [1.807, 2.05) is 32.0 Å². The normalized spacial score (nSPS) is 11.2. The van der Waals surface area contributed by atoms with Crippen LogP contribution in [-0.4, -0.2) is 26.3 Å². The quantitative estimate of drug-likeness (QED) is 0.217. The summed E-state index contributed by atoms with van der Waals surface area (Å²) in [6.45, 7) is 4.00. The van der Waals surface area contributed by atoms with Gasteiger partial charge in [0, 0.05) is 17.2 Å². The molecule has 0 fully saturated rings. The number of nitrogens with one attached hydrogen (secondary N) is 1. The van der Waals surface area contributed by atoms with Gasteiger partial charge >= 0.3 is 6.16 Å². The molecule has 6 nitrogen and oxygen atoms in total. The third-order valence-corrected chi connectivity index (χ3v) is 5.78. The lowest BCUT2D eigenvalue weighted by Crippen LogP contribution is -2.02. The van der Waals surface area contributed by atoms with Gasteiger partial charge in [0.15, 0.2) is 0 Å². The van der Waals surface area contributed by atoms with Crippen LogP contribution in [0.15, 0.2) is 60.7 Å². The van der Waals surface area contributed by atoms with Crippen LogP contribution in [0.1, 0.15) is 11.1 Å². The lowest BCUT2D eigenvalue weighted by atomic mass is 9.98. The zero-order valence-electron chi connectivity index (χ0n) is 17.8. The third kappa shape index (κ3) is 3.63. The highest BCUT2D eigenvalue weighted by molar-refractivity contribution is 6.08. The Hall–Kier alpha value is -4.39. The number of phenolic OH excluding ortho intramolecular Hbond substituents is 1. The molecule has 0 saturated carbocycles. The molecule has 0 spiro atoms. The van der Waals surface area contributed by atoms with Crippen molar-refractivity contribution < 1.29 is 24.1 Å². The maximum atomic E-state index is 14.7. The van der Waals surface area contributed by atoms with Crippen molar-refractivity contribution >= 4 is 28.0 Å². The molecule has 4 aromatic carbocycles. The number of phenols is 1. The van der Waals surface area contributed by atoms with Crippen LogP contribution in [0.4, 0.5) is 9.18 Å². The van der Waals surface area contributed by atoms with E-state index in [1.54, 1.807) is 24.3 Å². The fourth-order valence-electron chi connectivity index (χ4n) is 3.98. The molecule has 0 bridgehead atoms. The van der Waals surface area contributed by atoms with Crippen LogP contribution in [0.2, 0.25) is 0 Å². The summed E-state index contributed by atoms with van der Waals surface area (Å²) in [5.41, 5.74) is 5.35. The maximum absolute atomic E-state index is 14.7. The fraction of sp³-hybridized carbons (Fsp3) is 0.0769. The molecule has 0 unspecified atom stereocenters. The summed E-state index contributed by atoms with van der Waals surface area (Å²) >= 11 is 0. The van der Waals surface area contributed by atoms with Crippen LogP contribution in [0, 0.1) is 19.7 Å². The highest BCUT2D eigenvalue weighted by Gasteiger charge is 2.15. The summed E-state index contributed by atoms with van der Waals surface area (Å²) in [7, 11) is 0. The molecule has 0 aliphatic carbocycles. The molecule has 1 heterocycles. The van der Waals surface area contributed by atoms with Crippen LogP contribution in [0.3, 0.4) is 0 Å². The van der Waals surface area contributed by atoms with Crippen molar-refractivity contribution in [1.82, 2.24) is 9.97 Å². The molecule has 0 saturated heterocycles. The number of halogens is 1. The molecule has 0 aliphatic rings. The molecule has 0 radical (unpaired) electrons. The highest BCUT2D eigenvalue weighted by atomic mass is 19.1. The van der Waals surface area contributed by atoms with Crippen molar-refractivity contribution in [3.63, 3.8) is 0 Å². The first-order chi connectivity index (χ1) is 15.8. The number of carboxylic acid groups (broad SMARTS) is 1. The lowest BCUT2D eigenvalue weighted by molar-refractivity contribution is 0.144. The van der Waals surface area contributed by atoms with Gasteiger partial charge in [0.05, 0.1) is 10.9 Å². The van der Waals surface area contributed by atoms with Gasteiger partial charge in [-0.25, -0.2) is 14.2 Å². The molecule has 0 amide bonds. The fourth-order valence-corrected chi connectivity index (χ4v) is 3.98. The van der Waals surface area contributed by atoms with Crippen molar-refractivity contribution in [2.75, 3.05) is 0 Å². The van der Waals surface area contributed by atoms with Crippen molar-refractivity contribution in [3.05, 3.63) is 77.6 Å². The second-order valence-corrected chi connectivity index (χ2v) is 7.95. The number of hydrogen-bond acceptors (Lipinski definition) is 4. The van der Waals surface area contributed by atoms with Crippen molar-refractivity contribution in [2.24, 2.45) is 0 Å². The zero-order chi connectivity index (χ0) is 23.3. The Kier molecular flexibility index (Phi) is 4.74. The van der Waals surface area contributed by atoms with E-state index in [4.69, 9.17) is 5.11 Å². The molecule has 1 aromatic heterocycles. The first-order valence-electron chi connectivity index (χ1n) is 10.2. The number of fused-ring (bicyclic) bond motifs is 3. The van der Waals surface area contributed by atoms with Crippen LogP contribution in [-0.2, 0) is 0 Å². The molecule has 0 atom stereocenters. The number of H-pyrrole nitrogens is 1. The van der Waals surface area contributed by atoms with Gasteiger partial charge in [0.1, 0.15) is 28.7 Å². The van der Waals surface area contributed by atoms with Gasteiger partial charge in [0.25, 0.3) is 0 Å². The van der Waals surface area contributed by atoms with Crippen LogP contribution in [0.25, 0.3) is 44.3 Å². The highest BCUT2D eigenvalue weighted by Crippen LogP contribution is 2.37. The summed E-state index contributed by atoms with van der Waals surface area (Å²) in [5, 5.41) is 20.4. The van der Waals surface area contributed by atoms with Crippen LogP contribution in [0.5, 0.6) is 11.5 Å². The Morgan fingerprint density at radius 1 is 0.970 bits per heavy atom. The Bertz CT molecular complexity index is 1570. The van der Waals surface area contributed by atoms with Gasteiger partial charge in [-0.3, -0.25) is 0 Å². The van der Waals surface area contributed by atoms with Gasteiger partial charge in [-0.15, -0.1) is 0 Å². The van der Waals surface area contributed by atoms with Crippen LogP contribution < -0.4 is 4.74 Å². The average molecular weight is 442 g/mol. The topological polar surface area (TPSA) is 95.4 Å². The van der Waals surface area contributed by atoms with Gasteiger partial charge in [0.2, 0.25) is 0 Å². The smallest absolute Gasteiger partial charge is 0.507 e. The first-order valence-corrected chi connectivity index (χ1v) is 10.2. The van der Waals surface area contributed by atoms with Gasteiger partial charge in [-0.1, -0.05) is 24.3 Å². The predicted octanol–water partition coefficient (Wildman–Crippen LogP) is 6.57. The molecule has 3 N–H and O–H groups in total. The minimum atomic E-state index is -1.47. The lowest BCUT2D eigenvalue weighted by Gasteiger charge is -2.08. The molecule has 7 heteroatoms. The second kappa shape index (κ2) is 7.63. The number of nitrogens with zero attached hydrogens (tertiary/aromatic N) is 1. The Balaban J connectivity index is 1.64. The number of hydrogen-bond donors (Lipinski definition) is 3. The van der Waals surface area contributed by atoms with Crippen molar-refractivity contribution in [2.45, 2.75) is 13.8 Å². The molecule has 164 valence electrons. The number of aromatic hydroxyl groups is 1. The Morgan fingerprint density at radius 2 is 1.76 bits per heavy atom. The molecular formula is C26H19FN2O4. The molecule has 0 aliphatic heterocycles. The monoisotopic (exact) mass is 442 g/mol. The van der Waals surface area contributed by atoms with Gasteiger partial charge < -0.3 is 19.9 Å². The summed E-state index contributed by atoms with van der Waals surface area (Å²) < 4.78 is 19.3. The number of ether oxygens (including phenoxy) is 1. The maximum Gasteiger partial charge on any atom is 0.511 e. The van der Waals surface area contributed by atoms with E-state index in [2.05, 4.69) is 14.7 Å². The summed E-state index contributed by atoms with van der Waals surface area (Å²) in [6.07, 6.45) is -1.47. The average Bonchev–Trinajstić information content (AvgIpc) is 3.19. The number of aromatic nitrogens is 2. The van der Waals surface area contributed by atoms with Gasteiger partial charge in [-0.2, -0.15) is 0 Å². The third-order valence-electron chi connectivity index (χ3n) is 5.78. The number of imidazole rings is 1. The van der Waals surface area contributed by atoms with Crippen LogP contribution >= 0.6 is 0 Å². The largest absolute Gasteiger partial charge is 0.511 e. The first kappa shape index (κ1) is 20.5. The number of benzene rings is 4. The van der Waals surface area contributed by atoms with E-state index in [1.165, 1.54) is 18.2 Å². The van der Waals surface area contributed by atoms with E-state index in [-0.39, 0.29) is 17.3 Å². The SMILES string of the molecule is Cc1ccc(-c2cc(-c3nc4c(ccc5cc(OC(=O)O)cc(O)c54)[nH]3)ccc2F)cc1C. The van der Waals surface area contributed by atoms with Crippen molar-refractivity contribution in [1.29, 1.82) is 0 Å². The predicted molar refractivity (Wildman–Crippen MR) is 124 cm³/mol. The van der Waals surface area contributed by atoms with E-state index in [0.717, 1.165) is 16.7 Å². The molecule has 33 heavy (non-hydrogen) atoms. The van der Waals surface area contributed by atoms with Crippen molar-refractivity contribution in [3.8, 4) is 34.0 Å². The number of aryl methyl sites for hydroxylation is 2. The molecular weight excluding hydrogens is 423 g/mol. The van der Waals surface area contributed by atoms with Gasteiger partial charge in [-0.05, 0) is 66.3 Å². The Morgan fingerprint density at radius 3 is 2.52 bits per heavy atom. The minimum Gasteiger partial charge on any atom is -0.507 e. The van der Waals surface area contributed by atoms with E-state index >= 15 is 0 Å². The van der Waals surface area contributed by atoms with E-state index in [9.17, 15) is 14.3 Å². The summed E-state index contributed by atoms with van der Waals surface area (Å²) in [5.74, 6) is 0.0570.